The van der Waals surface area contributed by atoms with Crippen LogP contribution in [0.25, 0.3) is 0 Å². The number of amides is 1. The van der Waals surface area contributed by atoms with Crippen molar-refractivity contribution in [3.8, 4) is 17.2 Å². The van der Waals surface area contributed by atoms with E-state index in [4.69, 9.17) is 23.4 Å². The fourth-order valence-electron chi connectivity index (χ4n) is 2.71. The largest absolute Gasteiger partial charge is 0.493 e. The maximum atomic E-state index is 12.4. The van der Waals surface area contributed by atoms with Crippen LogP contribution in [-0.4, -0.2) is 57.4 Å². The molecule has 1 unspecified atom stereocenters. The van der Waals surface area contributed by atoms with Gasteiger partial charge >= 0.3 is 0 Å². The van der Waals surface area contributed by atoms with Gasteiger partial charge in [0.25, 0.3) is 5.91 Å². The zero-order valence-electron chi connectivity index (χ0n) is 14.3. The van der Waals surface area contributed by atoms with Crippen LogP contribution in [0.2, 0.25) is 0 Å². The van der Waals surface area contributed by atoms with Crippen LogP contribution in [0.1, 0.15) is 10.4 Å². The standard InChI is InChI=1S/C18H21NO6/c1-21-15-4-3-5-16(22-2)17(15)25-12-14-10-19(7-9-24-14)18(20)13-6-8-23-11-13/h3-6,8,11,14H,7,9-10,12H2,1-2H3. The van der Waals surface area contributed by atoms with Gasteiger partial charge in [0.05, 0.1) is 39.2 Å². The van der Waals surface area contributed by atoms with Gasteiger partial charge in [-0.05, 0) is 18.2 Å². The minimum absolute atomic E-state index is 0.0723. The molecule has 0 spiro atoms. The molecule has 1 aromatic carbocycles. The molecule has 2 aromatic rings. The van der Waals surface area contributed by atoms with E-state index in [9.17, 15) is 4.79 Å². The average molecular weight is 347 g/mol. The van der Waals surface area contributed by atoms with Gasteiger partial charge in [-0.1, -0.05) is 6.07 Å². The van der Waals surface area contributed by atoms with E-state index in [0.29, 0.717) is 42.5 Å². The number of carbonyl (C=O) groups is 1. The van der Waals surface area contributed by atoms with Crippen molar-refractivity contribution in [3.63, 3.8) is 0 Å². The van der Waals surface area contributed by atoms with Gasteiger partial charge in [0.1, 0.15) is 19.0 Å². The first kappa shape index (κ1) is 17.2. The van der Waals surface area contributed by atoms with E-state index < -0.39 is 0 Å². The normalized spacial score (nSPS) is 17.2. The molecule has 25 heavy (non-hydrogen) atoms. The van der Waals surface area contributed by atoms with E-state index in [1.54, 1.807) is 37.3 Å². The van der Waals surface area contributed by atoms with Crippen molar-refractivity contribution in [1.29, 1.82) is 0 Å². The average Bonchev–Trinajstić information content (AvgIpc) is 3.20. The lowest BCUT2D eigenvalue weighted by Crippen LogP contribution is -2.47. The summed E-state index contributed by atoms with van der Waals surface area (Å²) >= 11 is 0. The van der Waals surface area contributed by atoms with Crippen LogP contribution in [0.3, 0.4) is 0 Å². The highest BCUT2D eigenvalue weighted by Crippen LogP contribution is 2.36. The van der Waals surface area contributed by atoms with E-state index >= 15 is 0 Å². The monoisotopic (exact) mass is 347 g/mol. The summed E-state index contributed by atoms with van der Waals surface area (Å²) in [4.78, 5) is 14.1. The summed E-state index contributed by atoms with van der Waals surface area (Å²) in [5, 5.41) is 0. The Morgan fingerprint density at radius 2 is 2.00 bits per heavy atom. The summed E-state index contributed by atoms with van der Waals surface area (Å²) in [6.45, 7) is 1.73. The number of benzene rings is 1. The number of carbonyl (C=O) groups excluding carboxylic acids is 1. The predicted molar refractivity (Wildman–Crippen MR) is 89.4 cm³/mol. The Morgan fingerprint density at radius 1 is 1.24 bits per heavy atom. The Labute approximate surface area is 146 Å². The molecule has 7 heteroatoms. The molecule has 1 atom stereocenters. The Balaban J connectivity index is 1.63. The highest BCUT2D eigenvalue weighted by molar-refractivity contribution is 5.93. The Morgan fingerprint density at radius 3 is 2.64 bits per heavy atom. The number of hydrogen-bond acceptors (Lipinski definition) is 6. The van der Waals surface area contributed by atoms with Gasteiger partial charge in [-0.15, -0.1) is 0 Å². The molecule has 1 fully saturated rings. The first-order valence-electron chi connectivity index (χ1n) is 7.99. The SMILES string of the molecule is COc1cccc(OC)c1OCC1CN(C(=O)c2ccoc2)CCO1. The molecular weight excluding hydrogens is 326 g/mol. The summed E-state index contributed by atoms with van der Waals surface area (Å²) < 4.78 is 27.2. The van der Waals surface area contributed by atoms with E-state index in [1.807, 2.05) is 6.07 Å². The summed E-state index contributed by atoms with van der Waals surface area (Å²) in [5.74, 6) is 1.62. The molecule has 1 aromatic heterocycles. The Hall–Kier alpha value is -2.67. The van der Waals surface area contributed by atoms with Crippen LogP contribution in [0.15, 0.2) is 41.2 Å². The second-order valence-corrected chi connectivity index (χ2v) is 5.56. The van der Waals surface area contributed by atoms with Gasteiger partial charge in [0.15, 0.2) is 11.5 Å². The molecule has 0 saturated carbocycles. The molecule has 7 nitrogen and oxygen atoms in total. The van der Waals surface area contributed by atoms with Crippen LogP contribution in [-0.2, 0) is 4.74 Å². The van der Waals surface area contributed by atoms with Crippen LogP contribution >= 0.6 is 0 Å². The van der Waals surface area contributed by atoms with Gasteiger partial charge in [-0.2, -0.15) is 0 Å². The third-order valence-corrected chi connectivity index (χ3v) is 3.99. The zero-order valence-corrected chi connectivity index (χ0v) is 14.3. The highest BCUT2D eigenvalue weighted by atomic mass is 16.6. The molecule has 2 heterocycles. The van der Waals surface area contributed by atoms with Gasteiger partial charge in [-0.25, -0.2) is 0 Å². The number of morpholine rings is 1. The maximum absolute atomic E-state index is 12.4. The number of nitrogens with zero attached hydrogens (tertiary/aromatic N) is 1. The van der Waals surface area contributed by atoms with Crippen molar-refractivity contribution in [2.24, 2.45) is 0 Å². The molecular formula is C18H21NO6. The maximum Gasteiger partial charge on any atom is 0.257 e. The molecule has 134 valence electrons. The zero-order chi connectivity index (χ0) is 17.6. The third kappa shape index (κ3) is 3.88. The van der Waals surface area contributed by atoms with E-state index in [-0.39, 0.29) is 18.6 Å². The molecule has 3 rings (SSSR count). The summed E-state index contributed by atoms with van der Waals surface area (Å²) in [5.41, 5.74) is 0.535. The fourth-order valence-corrected chi connectivity index (χ4v) is 2.71. The molecule has 1 saturated heterocycles. The minimum atomic E-state index is -0.237. The van der Waals surface area contributed by atoms with Crippen molar-refractivity contribution in [2.45, 2.75) is 6.10 Å². The molecule has 0 bridgehead atoms. The third-order valence-electron chi connectivity index (χ3n) is 3.99. The molecule has 1 aliphatic heterocycles. The second kappa shape index (κ2) is 7.94. The van der Waals surface area contributed by atoms with Gasteiger partial charge in [0, 0.05) is 6.54 Å². The van der Waals surface area contributed by atoms with E-state index in [2.05, 4.69) is 0 Å². The van der Waals surface area contributed by atoms with Crippen LogP contribution in [0.5, 0.6) is 17.2 Å². The number of methoxy groups -OCH3 is 2. The van der Waals surface area contributed by atoms with Crippen molar-refractivity contribution < 1.29 is 28.2 Å². The number of rotatable bonds is 6. The summed E-state index contributed by atoms with van der Waals surface area (Å²) in [6, 6.07) is 7.08. The highest BCUT2D eigenvalue weighted by Gasteiger charge is 2.26. The second-order valence-electron chi connectivity index (χ2n) is 5.56. The number of hydrogen-bond donors (Lipinski definition) is 0. The molecule has 1 amide bonds. The smallest absolute Gasteiger partial charge is 0.257 e. The van der Waals surface area contributed by atoms with Crippen molar-refractivity contribution >= 4 is 5.91 Å². The minimum Gasteiger partial charge on any atom is -0.493 e. The first-order valence-corrected chi connectivity index (χ1v) is 7.99. The quantitative estimate of drug-likeness (QED) is 0.798. The van der Waals surface area contributed by atoms with E-state index in [0.717, 1.165) is 0 Å². The van der Waals surface area contributed by atoms with Crippen molar-refractivity contribution in [3.05, 3.63) is 42.4 Å². The Bertz CT molecular complexity index is 677. The topological polar surface area (TPSA) is 70.4 Å². The Kier molecular flexibility index (Phi) is 5.45. The summed E-state index contributed by atoms with van der Waals surface area (Å²) in [7, 11) is 3.15. The first-order chi connectivity index (χ1) is 12.2. The van der Waals surface area contributed by atoms with Gasteiger partial charge in [-0.3, -0.25) is 4.79 Å². The van der Waals surface area contributed by atoms with Gasteiger partial charge in [0.2, 0.25) is 5.75 Å². The lowest BCUT2D eigenvalue weighted by molar-refractivity contribution is -0.0406. The molecule has 1 aliphatic rings. The number of para-hydroxylation sites is 1. The number of ether oxygens (including phenoxy) is 4. The lowest BCUT2D eigenvalue weighted by Gasteiger charge is -2.32. The molecule has 0 radical (unpaired) electrons. The van der Waals surface area contributed by atoms with Gasteiger partial charge < -0.3 is 28.3 Å². The molecule has 0 aliphatic carbocycles. The molecule has 0 N–H and O–H groups in total. The lowest BCUT2D eigenvalue weighted by atomic mass is 10.2. The van der Waals surface area contributed by atoms with Crippen LogP contribution in [0, 0.1) is 0 Å². The fraction of sp³-hybridized carbons (Fsp3) is 0.389. The van der Waals surface area contributed by atoms with Crippen LogP contribution in [0.4, 0.5) is 0 Å². The van der Waals surface area contributed by atoms with E-state index in [1.165, 1.54) is 12.5 Å². The predicted octanol–water partition coefficient (Wildman–Crippen LogP) is 2.22. The number of furan rings is 1. The van der Waals surface area contributed by atoms with Crippen molar-refractivity contribution in [2.75, 3.05) is 40.5 Å². The van der Waals surface area contributed by atoms with Crippen molar-refractivity contribution in [1.82, 2.24) is 4.90 Å². The van der Waals surface area contributed by atoms with Crippen LogP contribution < -0.4 is 14.2 Å². The summed E-state index contributed by atoms with van der Waals surface area (Å²) in [6.07, 6.45) is 2.70.